The highest BCUT2D eigenvalue weighted by Crippen LogP contribution is 2.47. The highest BCUT2D eigenvalue weighted by Gasteiger charge is 2.36. The molecule has 10 rings (SSSR count). The summed E-state index contributed by atoms with van der Waals surface area (Å²) in [7, 11) is 0. The Morgan fingerprint density at radius 2 is 0.880 bits per heavy atom. The molecule has 0 spiro atoms. The van der Waals surface area contributed by atoms with Crippen LogP contribution in [0.5, 0.6) is 0 Å². The molecule has 2 atom stereocenters. The van der Waals surface area contributed by atoms with Crippen LogP contribution in [0, 0.1) is 0 Å². The lowest BCUT2D eigenvalue weighted by molar-refractivity contribution is 0.745. The third kappa shape index (κ3) is 4.64. The van der Waals surface area contributed by atoms with E-state index in [0.717, 1.165) is 0 Å². The van der Waals surface area contributed by atoms with E-state index in [9.17, 15) is 0 Å². The number of fused-ring (bicyclic) bond motifs is 6. The van der Waals surface area contributed by atoms with E-state index in [0.29, 0.717) is 12.0 Å². The Morgan fingerprint density at radius 3 is 1.50 bits per heavy atom. The maximum atomic E-state index is 2.49. The summed E-state index contributed by atoms with van der Waals surface area (Å²) < 4.78 is 2.37. The first-order valence-corrected chi connectivity index (χ1v) is 17.4. The molecule has 0 N–H and O–H groups in total. The predicted molar refractivity (Wildman–Crippen MR) is 210 cm³/mol. The van der Waals surface area contributed by atoms with E-state index in [1.54, 1.807) is 0 Å². The molecule has 236 valence electrons. The van der Waals surface area contributed by atoms with Crippen LogP contribution < -0.4 is 4.90 Å². The molecule has 0 bridgehead atoms. The third-order valence-electron chi connectivity index (χ3n) is 10.5. The minimum Gasteiger partial charge on any atom is -0.333 e. The normalized spacial score (nSPS) is 16.2. The number of hydrogen-bond donors (Lipinski definition) is 0. The fourth-order valence-corrected chi connectivity index (χ4v) is 8.17. The largest absolute Gasteiger partial charge is 0.333 e. The average molecular weight is 639 g/mol. The Hall–Kier alpha value is -6.38. The van der Waals surface area contributed by atoms with Crippen LogP contribution in [0.4, 0.5) is 11.4 Å². The van der Waals surface area contributed by atoms with Gasteiger partial charge in [-0.1, -0.05) is 140 Å². The summed E-state index contributed by atoms with van der Waals surface area (Å²) in [4.78, 5) is 2.49. The maximum Gasteiger partial charge on any atom is 0.0629 e. The molecular weight excluding hydrogens is 605 g/mol. The van der Waals surface area contributed by atoms with E-state index in [1.807, 2.05) is 0 Å². The van der Waals surface area contributed by atoms with Gasteiger partial charge in [0.1, 0.15) is 0 Å². The van der Waals surface area contributed by atoms with Crippen molar-refractivity contribution in [1.82, 2.24) is 4.57 Å². The number of hydrogen-bond acceptors (Lipinski definition) is 1. The van der Waals surface area contributed by atoms with Crippen LogP contribution in [0.15, 0.2) is 194 Å². The van der Waals surface area contributed by atoms with Gasteiger partial charge in [0.25, 0.3) is 0 Å². The number of benzene rings is 7. The highest BCUT2D eigenvalue weighted by molar-refractivity contribution is 6.09. The van der Waals surface area contributed by atoms with Crippen molar-refractivity contribution < 1.29 is 0 Å². The Labute approximate surface area is 292 Å². The van der Waals surface area contributed by atoms with Gasteiger partial charge in [0.05, 0.1) is 17.1 Å². The van der Waals surface area contributed by atoms with Crippen LogP contribution in [0.3, 0.4) is 0 Å². The van der Waals surface area contributed by atoms with Crippen molar-refractivity contribution >= 4 is 33.2 Å². The van der Waals surface area contributed by atoms with Gasteiger partial charge in [-0.15, -0.1) is 0 Å². The van der Waals surface area contributed by atoms with Crippen LogP contribution in [0.1, 0.15) is 11.5 Å². The molecule has 1 aromatic heterocycles. The van der Waals surface area contributed by atoms with E-state index in [2.05, 4.69) is 204 Å². The summed E-state index contributed by atoms with van der Waals surface area (Å²) in [5.74, 6) is 0.390. The Bertz CT molecular complexity index is 2550. The first kappa shape index (κ1) is 28.6. The lowest BCUT2D eigenvalue weighted by Gasteiger charge is -2.28. The van der Waals surface area contributed by atoms with Crippen LogP contribution in [-0.2, 0) is 0 Å². The molecule has 2 unspecified atom stereocenters. The van der Waals surface area contributed by atoms with Gasteiger partial charge >= 0.3 is 0 Å². The second-order valence-corrected chi connectivity index (χ2v) is 13.3. The van der Waals surface area contributed by atoms with Crippen molar-refractivity contribution in [2.24, 2.45) is 0 Å². The van der Waals surface area contributed by atoms with Crippen molar-refractivity contribution in [1.29, 1.82) is 0 Å². The van der Waals surface area contributed by atoms with E-state index >= 15 is 0 Å². The molecule has 2 heterocycles. The number of nitrogens with zero attached hydrogens (tertiary/aromatic N) is 2. The second kappa shape index (κ2) is 11.6. The molecule has 8 aromatic rings. The van der Waals surface area contributed by atoms with Crippen LogP contribution in [0.25, 0.3) is 60.9 Å². The number of allylic oxidation sites excluding steroid dienone is 2. The van der Waals surface area contributed by atoms with Crippen molar-refractivity contribution in [2.75, 3.05) is 4.90 Å². The number of rotatable bonds is 5. The molecule has 0 radical (unpaired) electrons. The van der Waals surface area contributed by atoms with Gasteiger partial charge in [-0.3, -0.25) is 0 Å². The lowest BCUT2D eigenvalue weighted by Crippen LogP contribution is -2.28. The Kier molecular flexibility index (Phi) is 6.67. The standard InChI is InChI=1S/C48H34N2/c1-5-19-45-41(15-1)42-16-2-6-20-46(42)49(45)39-27-23-33(24-28-39)35-11-9-13-37(31-35)38-14-10-12-36(32-38)34-25-29-40(30-26-34)50-47-21-7-3-17-43(47)44-18-4-8-22-48(44)50/h1-32,41,45H. The minimum absolute atomic E-state index is 0.309. The van der Waals surface area contributed by atoms with Gasteiger partial charge < -0.3 is 9.47 Å². The van der Waals surface area contributed by atoms with Crippen molar-refractivity contribution in [2.45, 2.75) is 12.0 Å². The number of aromatic nitrogens is 1. The molecular formula is C48H34N2. The molecule has 1 aliphatic carbocycles. The minimum atomic E-state index is 0.309. The van der Waals surface area contributed by atoms with Gasteiger partial charge in [-0.2, -0.15) is 0 Å². The van der Waals surface area contributed by atoms with Crippen molar-refractivity contribution in [3.05, 3.63) is 200 Å². The van der Waals surface area contributed by atoms with Gasteiger partial charge in [-0.05, 0) is 93.5 Å². The van der Waals surface area contributed by atoms with Crippen molar-refractivity contribution in [3.63, 3.8) is 0 Å². The zero-order chi connectivity index (χ0) is 33.0. The molecule has 1 aliphatic heterocycles. The summed E-state index contributed by atoms with van der Waals surface area (Å²) in [5.41, 5.74) is 14.8. The van der Waals surface area contributed by atoms with Gasteiger partial charge in [-0.25, -0.2) is 0 Å². The Balaban J connectivity index is 0.936. The Morgan fingerprint density at radius 1 is 0.380 bits per heavy atom. The molecule has 2 heteroatoms. The molecule has 0 amide bonds. The molecule has 0 fully saturated rings. The zero-order valence-electron chi connectivity index (χ0n) is 27.5. The first-order valence-electron chi connectivity index (χ1n) is 17.4. The van der Waals surface area contributed by atoms with Crippen LogP contribution in [0.2, 0.25) is 0 Å². The van der Waals surface area contributed by atoms with E-state index < -0.39 is 0 Å². The molecule has 2 aliphatic rings. The SMILES string of the molecule is C1=CC2c3ccccc3N(c3ccc(-c4cccc(-c5cccc(-c6ccc(-n7c8ccccc8c8ccccc87)cc6)c5)c4)cc3)C2C=C1. The molecule has 0 saturated carbocycles. The van der Waals surface area contributed by atoms with Crippen molar-refractivity contribution in [3.8, 4) is 39.1 Å². The third-order valence-corrected chi connectivity index (χ3v) is 10.5. The summed E-state index contributed by atoms with van der Waals surface area (Å²) in [5, 5.41) is 2.56. The summed E-state index contributed by atoms with van der Waals surface area (Å²) in [6, 6.07) is 62.3. The van der Waals surface area contributed by atoms with Gasteiger partial charge in [0.2, 0.25) is 0 Å². The summed E-state index contributed by atoms with van der Waals surface area (Å²) in [6.45, 7) is 0. The highest BCUT2D eigenvalue weighted by atomic mass is 15.2. The topological polar surface area (TPSA) is 8.17 Å². The smallest absolute Gasteiger partial charge is 0.0629 e. The van der Waals surface area contributed by atoms with Gasteiger partial charge in [0.15, 0.2) is 0 Å². The quantitative estimate of drug-likeness (QED) is 0.182. The van der Waals surface area contributed by atoms with Crippen LogP contribution >= 0.6 is 0 Å². The van der Waals surface area contributed by atoms with E-state index in [1.165, 1.54) is 77.8 Å². The summed E-state index contributed by atoms with van der Waals surface area (Å²) in [6.07, 6.45) is 9.02. The monoisotopic (exact) mass is 638 g/mol. The zero-order valence-corrected chi connectivity index (χ0v) is 27.5. The molecule has 7 aromatic carbocycles. The maximum absolute atomic E-state index is 2.49. The second-order valence-electron chi connectivity index (χ2n) is 13.3. The van der Waals surface area contributed by atoms with Gasteiger partial charge in [0, 0.05) is 33.8 Å². The number of para-hydroxylation sites is 3. The average Bonchev–Trinajstić information content (AvgIpc) is 3.71. The lowest BCUT2D eigenvalue weighted by atomic mass is 9.91. The molecule has 50 heavy (non-hydrogen) atoms. The molecule has 0 saturated heterocycles. The molecule has 2 nitrogen and oxygen atoms in total. The van der Waals surface area contributed by atoms with E-state index in [-0.39, 0.29) is 0 Å². The predicted octanol–water partition coefficient (Wildman–Crippen LogP) is 12.5. The first-order chi connectivity index (χ1) is 24.8. The number of anilines is 2. The van der Waals surface area contributed by atoms with Crippen LogP contribution in [-0.4, -0.2) is 10.6 Å². The summed E-state index contributed by atoms with van der Waals surface area (Å²) >= 11 is 0. The fourth-order valence-electron chi connectivity index (χ4n) is 8.17. The van der Waals surface area contributed by atoms with E-state index in [4.69, 9.17) is 0 Å². The fraction of sp³-hybridized carbons (Fsp3) is 0.0417.